The van der Waals surface area contributed by atoms with Crippen LogP contribution < -0.4 is 10.1 Å². The Bertz CT molecular complexity index is 939. The summed E-state index contributed by atoms with van der Waals surface area (Å²) in [5, 5.41) is 3.14. The van der Waals surface area contributed by atoms with E-state index in [1.807, 2.05) is 29.2 Å². The van der Waals surface area contributed by atoms with Crippen molar-refractivity contribution in [2.45, 2.75) is 64.2 Å². The molecule has 182 valence electrons. The number of hydrogen-bond acceptors (Lipinski definition) is 4. The van der Waals surface area contributed by atoms with Crippen molar-refractivity contribution in [1.82, 2.24) is 15.2 Å². The smallest absolute Gasteiger partial charge is 0.226 e. The third-order valence-corrected chi connectivity index (χ3v) is 7.38. The highest BCUT2D eigenvalue weighted by Crippen LogP contribution is 2.38. The number of ether oxygens (including phenoxy) is 1. The van der Waals surface area contributed by atoms with Gasteiger partial charge in [-0.05, 0) is 74.3 Å². The van der Waals surface area contributed by atoms with Crippen LogP contribution in [-0.4, -0.2) is 47.9 Å². The van der Waals surface area contributed by atoms with Gasteiger partial charge in [0.15, 0.2) is 0 Å². The summed E-state index contributed by atoms with van der Waals surface area (Å²) in [6.45, 7) is 2.32. The standard InChI is InChI=1S/C28H37N3O3/c32-26(11-6-7-23-12-17-29-18-13-23)31-20-15-28(16-21-31)14-5-1-2-8-24-9-3-4-10-25(24)34-22-19-30-27(28)33/h3-4,9-10,12-13,17-18H,1-2,5-8,11,14-16,19-22H2,(H,30,33). The lowest BCUT2D eigenvalue weighted by Gasteiger charge is -2.41. The molecule has 0 atom stereocenters. The van der Waals surface area contributed by atoms with Crippen molar-refractivity contribution in [3.8, 4) is 5.75 Å². The maximum absolute atomic E-state index is 13.3. The minimum atomic E-state index is -0.366. The number of rotatable bonds is 4. The number of pyridine rings is 1. The van der Waals surface area contributed by atoms with Gasteiger partial charge in [-0.15, -0.1) is 0 Å². The van der Waals surface area contributed by atoms with Gasteiger partial charge in [-0.2, -0.15) is 0 Å². The van der Waals surface area contributed by atoms with Crippen molar-refractivity contribution in [3.63, 3.8) is 0 Å². The van der Waals surface area contributed by atoms with Crippen LogP contribution in [0.25, 0.3) is 0 Å². The van der Waals surface area contributed by atoms with Gasteiger partial charge in [0, 0.05) is 31.9 Å². The van der Waals surface area contributed by atoms with E-state index in [1.165, 1.54) is 11.1 Å². The van der Waals surface area contributed by atoms with Crippen LogP contribution in [0.4, 0.5) is 0 Å². The second-order valence-electron chi connectivity index (χ2n) is 9.64. The van der Waals surface area contributed by atoms with E-state index in [0.29, 0.717) is 32.7 Å². The quantitative estimate of drug-likeness (QED) is 0.733. The van der Waals surface area contributed by atoms with Gasteiger partial charge in [-0.3, -0.25) is 14.6 Å². The van der Waals surface area contributed by atoms with Crippen molar-refractivity contribution in [3.05, 3.63) is 59.9 Å². The number of amides is 2. The Balaban J connectivity index is 1.29. The second kappa shape index (κ2) is 12.0. The predicted octanol–water partition coefficient (Wildman–Crippen LogP) is 4.32. The van der Waals surface area contributed by atoms with Gasteiger partial charge in [-0.1, -0.05) is 31.0 Å². The first-order valence-corrected chi connectivity index (χ1v) is 12.8. The monoisotopic (exact) mass is 463 g/mol. The Kier molecular flexibility index (Phi) is 8.56. The average Bonchev–Trinajstić information content (AvgIpc) is 2.88. The van der Waals surface area contributed by atoms with Crippen LogP contribution in [0.2, 0.25) is 0 Å². The molecule has 2 aliphatic heterocycles. The number of aryl methyl sites for hydroxylation is 2. The third kappa shape index (κ3) is 6.37. The molecule has 2 amide bonds. The van der Waals surface area contributed by atoms with E-state index in [0.717, 1.165) is 63.5 Å². The Morgan fingerprint density at radius 2 is 1.82 bits per heavy atom. The number of nitrogens with one attached hydrogen (secondary N) is 1. The highest BCUT2D eigenvalue weighted by molar-refractivity contribution is 5.83. The fourth-order valence-electron chi connectivity index (χ4n) is 5.25. The molecule has 1 aromatic carbocycles. The van der Waals surface area contributed by atoms with Crippen molar-refractivity contribution in [1.29, 1.82) is 0 Å². The number of para-hydroxylation sites is 1. The largest absolute Gasteiger partial charge is 0.491 e. The van der Waals surface area contributed by atoms with Crippen molar-refractivity contribution >= 4 is 11.8 Å². The second-order valence-corrected chi connectivity index (χ2v) is 9.64. The molecule has 3 heterocycles. The van der Waals surface area contributed by atoms with Gasteiger partial charge in [0.05, 0.1) is 12.0 Å². The lowest BCUT2D eigenvalue weighted by Crippen LogP contribution is -2.50. The molecular weight excluding hydrogens is 426 g/mol. The summed E-state index contributed by atoms with van der Waals surface area (Å²) in [6, 6.07) is 12.2. The summed E-state index contributed by atoms with van der Waals surface area (Å²) >= 11 is 0. The van der Waals surface area contributed by atoms with Crippen LogP contribution in [0.1, 0.15) is 62.5 Å². The van der Waals surface area contributed by atoms with E-state index in [1.54, 1.807) is 12.4 Å². The molecule has 6 heteroatoms. The minimum absolute atomic E-state index is 0.133. The van der Waals surface area contributed by atoms with Crippen LogP contribution in [-0.2, 0) is 22.4 Å². The number of nitrogens with zero attached hydrogens (tertiary/aromatic N) is 2. The normalized spacial score (nSPS) is 19.1. The average molecular weight is 464 g/mol. The lowest BCUT2D eigenvalue weighted by atomic mass is 9.73. The fourth-order valence-corrected chi connectivity index (χ4v) is 5.25. The molecule has 1 spiro atoms. The molecule has 1 fully saturated rings. The zero-order valence-electron chi connectivity index (χ0n) is 20.1. The number of benzene rings is 1. The van der Waals surface area contributed by atoms with Crippen LogP contribution in [0.15, 0.2) is 48.8 Å². The molecule has 1 N–H and O–H groups in total. The predicted molar refractivity (Wildman–Crippen MR) is 133 cm³/mol. The van der Waals surface area contributed by atoms with E-state index in [-0.39, 0.29) is 17.2 Å². The number of fused-ring (bicyclic) bond motifs is 1. The van der Waals surface area contributed by atoms with Crippen LogP contribution in [0, 0.1) is 5.41 Å². The first-order chi connectivity index (χ1) is 16.7. The van der Waals surface area contributed by atoms with Gasteiger partial charge in [0.2, 0.25) is 11.8 Å². The van der Waals surface area contributed by atoms with E-state index in [4.69, 9.17) is 4.74 Å². The zero-order valence-corrected chi connectivity index (χ0v) is 20.1. The number of likely N-dealkylation sites (tertiary alicyclic amines) is 1. The number of piperidine rings is 1. The summed E-state index contributed by atoms with van der Waals surface area (Å²) in [6.07, 6.45) is 12.5. The number of aromatic nitrogens is 1. The molecule has 0 bridgehead atoms. The lowest BCUT2D eigenvalue weighted by molar-refractivity contribution is -0.141. The van der Waals surface area contributed by atoms with E-state index >= 15 is 0 Å². The van der Waals surface area contributed by atoms with Crippen molar-refractivity contribution < 1.29 is 14.3 Å². The molecule has 0 unspecified atom stereocenters. The SMILES string of the molecule is O=C(CCCc1ccncc1)N1CCC2(CCCCCc3ccccc3OCCNC2=O)CC1. The Labute approximate surface area is 203 Å². The number of carbonyl (C=O) groups is 2. The summed E-state index contributed by atoms with van der Waals surface area (Å²) in [5.74, 6) is 1.27. The summed E-state index contributed by atoms with van der Waals surface area (Å²) in [4.78, 5) is 32.1. The molecule has 2 aliphatic rings. The first kappa shape index (κ1) is 24.2. The molecule has 1 aromatic heterocycles. The van der Waals surface area contributed by atoms with E-state index < -0.39 is 0 Å². The molecular formula is C28H37N3O3. The topological polar surface area (TPSA) is 71.5 Å². The number of carbonyl (C=O) groups excluding carboxylic acids is 2. The minimum Gasteiger partial charge on any atom is -0.491 e. The molecule has 0 saturated carbocycles. The molecule has 34 heavy (non-hydrogen) atoms. The van der Waals surface area contributed by atoms with Gasteiger partial charge in [0.1, 0.15) is 12.4 Å². The Morgan fingerprint density at radius 1 is 1.03 bits per heavy atom. The summed E-state index contributed by atoms with van der Waals surface area (Å²) in [5.41, 5.74) is 2.10. The van der Waals surface area contributed by atoms with Crippen LogP contribution in [0.5, 0.6) is 5.75 Å². The van der Waals surface area contributed by atoms with Gasteiger partial charge in [-0.25, -0.2) is 0 Å². The molecule has 6 nitrogen and oxygen atoms in total. The maximum atomic E-state index is 13.3. The Hall–Kier alpha value is -2.89. The van der Waals surface area contributed by atoms with Crippen molar-refractivity contribution in [2.24, 2.45) is 5.41 Å². The summed E-state index contributed by atoms with van der Waals surface area (Å²) in [7, 11) is 0. The van der Waals surface area contributed by atoms with Crippen LogP contribution >= 0.6 is 0 Å². The van der Waals surface area contributed by atoms with Crippen molar-refractivity contribution in [2.75, 3.05) is 26.2 Å². The molecule has 2 aromatic rings. The maximum Gasteiger partial charge on any atom is 0.226 e. The Morgan fingerprint density at radius 3 is 2.65 bits per heavy atom. The fraction of sp³-hybridized carbons (Fsp3) is 0.536. The molecule has 0 radical (unpaired) electrons. The molecule has 0 aliphatic carbocycles. The van der Waals surface area contributed by atoms with Gasteiger partial charge >= 0.3 is 0 Å². The van der Waals surface area contributed by atoms with Gasteiger partial charge in [0.25, 0.3) is 0 Å². The van der Waals surface area contributed by atoms with E-state index in [9.17, 15) is 9.59 Å². The molecule has 1 saturated heterocycles. The van der Waals surface area contributed by atoms with Crippen LogP contribution in [0.3, 0.4) is 0 Å². The highest BCUT2D eigenvalue weighted by atomic mass is 16.5. The third-order valence-electron chi connectivity index (χ3n) is 7.38. The zero-order chi connectivity index (χ0) is 23.6. The van der Waals surface area contributed by atoms with E-state index in [2.05, 4.69) is 22.4 Å². The number of hydrogen-bond donors (Lipinski definition) is 1. The highest BCUT2D eigenvalue weighted by Gasteiger charge is 2.41. The summed E-state index contributed by atoms with van der Waals surface area (Å²) < 4.78 is 5.97. The first-order valence-electron chi connectivity index (χ1n) is 12.8. The van der Waals surface area contributed by atoms with Gasteiger partial charge < -0.3 is 15.0 Å². The molecule has 4 rings (SSSR count).